The highest BCUT2D eigenvalue weighted by Gasteiger charge is 2.18. The molecule has 0 fully saturated rings. The number of rotatable bonds is 4. The van der Waals surface area contributed by atoms with Crippen molar-refractivity contribution in [3.63, 3.8) is 0 Å². The molecular formula is C15H15ClN2O4. The molecule has 0 radical (unpaired) electrons. The van der Waals surface area contributed by atoms with Crippen LogP contribution >= 0.6 is 11.6 Å². The lowest BCUT2D eigenvalue weighted by atomic mass is 10.1. The summed E-state index contributed by atoms with van der Waals surface area (Å²) in [5, 5.41) is 4.42. The number of hydrogen-bond donors (Lipinski definition) is 2. The number of halogens is 1. The zero-order valence-electron chi connectivity index (χ0n) is 12.1. The lowest BCUT2D eigenvalue weighted by Crippen LogP contribution is -2.23. The number of aromatic nitrogens is 1. The molecule has 1 amide bonds. The average molecular weight is 323 g/mol. The fourth-order valence-corrected chi connectivity index (χ4v) is 2.18. The maximum absolute atomic E-state index is 12.1. The van der Waals surface area contributed by atoms with Crippen LogP contribution in [0.2, 0.25) is 5.02 Å². The van der Waals surface area contributed by atoms with E-state index in [0.717, 1.165) is 5.39 Å². The van der Waals surface area contributed by atoms with Crippen LogP contribution in [-0.4, -0.2) is 24.0 Å². The molecule has 0 saturated carbocycles. The molecule has 1 aromatic carbocycles. The normalized spacial score (nSPS) is 12.0. The number of amides is 1. The third kappa shape index (κ3) is 3.65. The molecule has 6 nitrogen and oxygen atoms in total. The van der Waals surface area contributed by atoms with Gasteiger partial charge in [0.15, 0.2) is 0 Å². The lowest BCUT2D eigenvalue weighted by Gasteiger charge is -2.13. The molecule has 0 saturated heterocycles. The topological polar surface area (TPSA) is 88.3 Å². The van der Waals surface area contributed by atoms with Gasteiger partial charge in [0.2, 0.25) is 11.5 Å². The standard InChI is InChI=1S/C15H15ClN2O4/c1-8(3-14(20)22-2)15(21)18-12-5-9-6-13(19)17-7-10(9)4-11(12)16/h4-8H,3H2,1-2H3,(H,17,19)(H,18,21)/t8-/m1/s1. The molecule has 0 aliphatic rings. The highest BCUT2D eigenvalue weighted by Crippen LogP contribution is 2.27. The average Bonchev–Trinajstić information content (AvgIpc) is 2.48. The van der Waals surface area contributed by atoms with Crippen molar-refractivity contribution in [3.8, 4) is 0 Å². The van der Waals surface area contributed by atoms with Crippen molar-refractivity contribution in [2.75, 3.05) is 12.4 Å². The maximum atomic E-state index is 12.1. The Morgan fingerprint density at radius 1 is 1.32 bits per heavy atom. The number of H-pyrrole nitrogens is 1. The smallest absolute Gasteiger partial charge is 0.306 e. The molecule has 7 heteroatoms. The van der Waals surface area contributed by atoms with Gasteiger partial charge in [-0.05, 0) is 22.9 Å². The second-order valence-corrected chi connectivity index (χ2v) is 5.34. The van der Waals surface area contributed by atoms with Gasteiger partial charge >= 0.3 is 5.97 Å². The van der Waals surface area contributed by atoms with Gasteiger partial charge in [-0.25, -0.2) is 0 Å². The summed E-state index contributed by atoms with van der Waals surface area (Å²) in [5.74, 6) is -1.37. The Hall–Kier alpha value is -2.34. The van der Waals surface area contributed by atoms with Crippen molar-refractivity contribution in [2.45, 2.75) is 13.3 Å². The van der Waals surface area contributed by atoms with Crippen LogP contribution in [0.4, 0.5) is 5.69 Å². The molecule has 2 rings (SSSR count). The van der Waals surface area contributed by atoms with Gasteiger partial charge in [0.05, 0.1) is 24.2 Å². The van der Waals surface area contributed by atoms with Gasteiger partial charge in [-0.15, -0.1) is 0 Å². The first-order chi connectivity index (χ1) is 10.4. The van der Waals surface area contributed by atoms with Crippen molar-refractivity contribution in [1.29, 1.82) is 0 Å². The van der Waals surface area contributed by atoms with Crippen LogP contribution in [0.3, 0.4) is 0 Å². The quantitative estimate of drug-likeness (QED) is 0.845. The molecule has 0 spiro atoms. The number of pyridine rings is 1. The number of benzene rings is 1. The number of fused-ring (bicyclic) bond motifs is 1. The highest BCUT2D eigenvalue weighted by atomic mass is 35.5. The molecule has 2 N–H and O–H groups in total. The van der Waals surface area contributed by atoms with E-state index in [1.54, 1.807) is 25.3 Å². The van der Waals surface area contributed by atoms with Crippen molar-refractivity contribution >= 4 is 39.9 Å². The van der Waals surface area contributed by atoms with E-state index in [4.69, 9.17) is 11.6 Å². The van der Waals surface area contributed by atoms with Crippen LogP contribution in [-0.2, 0) is 14.3 Å². The number of hydrogen-bond acceptors (Lipinski definition) is 4. The SMILES string of the molecule is COC(=O)C[C@@H](C)C(=O)Nc1cc2cc(=O)[nH]cc2cc1Cl. The number of carbonyl (C=O) groups excluding carboxylic acids is 2. The molecule has 1 atom stereocenters. The number of ether oxygens (including phenoxy) is 1. The Balaban J connectivity index is 2.23. The number of nitrogens with one attached hydrogen (secondary N) is 2. The molecule has 1 aromatic heterocycles. The largest absolute Gasteiger partial charge is 0.469 e. The van der Waals surface area contributed by atoms with Gasteiger partial charge in [-0.1, -0.05) is 18.5 Å². The first kappa shape index (κ1) is 16.0. The Morgan fingerprint density at radius 2 is 2.05 bits per heavy atom. The second-order valence-electron chi connectivity index (χ2n) is 4.93. The summed E-state index contributed by atoms with van der Waals surface area (Å²) in [6, 6.07) is 4.68. The van der Waals surface area contributed by atoms with E-state index in [0.29, 0.717) is 16.1 Å². The Labute approximate surface area is 131 Å². The van der Waals surface area contributed by atoms with E-state index < -0.39 is 11.9 Å². The van der Waals surface area contributed by atoms with Gasteiger partial charge < -0.3 is 15.0 Å². The summed E-state index contributed by atoms with van der Waals surface area (Å²) in [5.41, 5.74) is 0.146. The first-order valence-electron chi connectivity index (χ1n) is 6.60. The van der Waals surface area contributed by atoms with Crippen LogP contribution in [0.25, 0.3) is 10.8 Å². The zero-order chi connectivity index (χ0) is 16.3. The Morgan fingerprint density at radius 3 is 2.73 bits per heavy atom. The molecule has 0 aliphatic heterocycles. The number of esters is 1. The maximum Gasteiger partial charge on any atom is 0.306 e. The number of anilines is 1. The van der Waals surface area contributed by atoms with Gasteiger partial charge in [0.25, 0.3) is 0 Å². The molecular weight excluding hydrogens is 308 g/mol. The van der Waals surface area contributed by atoms with E-state index in [2.05, 4.69) is 15.0 Å². The van der Waals surface area contributed by atoms with Crippen molar-refractivity contribution < 1.29 is 14.3 Å². The molecule has 2 aromatic rings. The predicted octanol–water partition coefficient (Wildman–Crippen LogP) is 2.32. The van der Waals surface area contributed by atoms with Gasteiger partial charge in [0.1, 0.15) is 0 Å². The minimum Gasteiger partial charge on any atom is -0.469 e. The van der Waals surface area contributed by atoms with Crippen LogP contribution in [0, 0.1) is 5.92 Å². The Bertz CT molecular complexity index is 785. The van der Waals surface area contributed by atoms with Crippen LogP contribution in [0.5, 0.6) is 0 Å². The molecule has 116 valence electrons. The van der Waals surface area contributed by atoms with E-state index in [1.165, 1.54) is 13.2 Å². The van der Waals surface area contributed by atoms with Gasteiger partial charge in [0, 0.05) is 18.2 Å². The van der Waals surface area contributed by atoms with Crippen LogP contribution < -0.4 is 10.9 Å². The monoisotopic (exact) mass is 322 g/mol. The van der Waals surface area contributed by atoms with Crippen molar-refractivity contribution in [1.82, 2.24) is 4.98 Å². The Kier molecular flexibility index (Phi) is 4.82. The van der Waals surface area contributed by atoms with Gasteiger partial charge in [-0.3, -0.25) is 14.4 Å². The lowest BCUT2D eigenvalue weighted by molar-refractivity contribution is -0.143. The van der Waals surface area contributed by atoms with E-state index in [-0.39, 0.29) is 17.9 Å². The van der Waals surface area contributed by atoms with Crippen molar-refractivity contribution in [2.24, 2.45) is 5.92 Å². The molecule has 0 aliphatic carbocycles. The van der Waals surface area contributed by atoms with E-state index >= 15 is 0 Å². The number of carbonyl (C=O) groups is 2. The highest BCUT2D eigenvalue weighted by molar-refractivity contribution is 6.34. The molecule has 0 unspecified atom stereocenters. The summed E-state index contributed by atoms with van der Waals surface area (Å²) in [6.07, 6.45) is 1.53. The minimum atomic E-state index is -0.557. The van der Waals surface area contributed by atoms with Gasteiger partial charge in [-0.2, -0.15) is 0 Å². The zero-order valence-corrected chi connectivity index (χ0v) is 12.9. The first-order valence-corrected chi connectivity index (χ1v) is 6.98. The van der Waals surface area contributed by atoms with E-state index in [1.807, 2.05) is 0 Å². The fourth-order valence-electron chi connectivity index (χ4n) is 1.96. The summed E-state index contributed by atoms with van der Waals surface area (Å²) in [4.78, 5) is 37.2. The number of methoxy groups -OCH3 is 1. The summed E-state index contributed by atoms with van der Waals surface area (Å²) < 4.78 is 4.53. The third-order valence-corrected chi connectivity index (χ3v) is 3.55. The third-order valence-electron chi connectivity index (χ3n) is 3.24. The minimum absolute atomic E-state index is 0.0206. The van der Waals surface area contributed by atoms with Crippen LogP contribution in [0.1, 0.15) is 13.3 Å². The summed E-state index contributed by atoms with van der Waals surface area (Å²) in [7, 11) is 1.27. The van der Waals surface area contributed by atoms with E-state index in [9.17, 15) is 14.4 Å². The number of aromatic amines is 1. The summed E-state index contributed by atoms with van der Waals surface area (Å²) in [6.45, 7) is 1.62. The second kappa shape index (κ2) is 6.62. The molecule has 1 heterocycles. The summed E-state index contributed by atoms with van der Waals surface area (Å²) >= 11 is 6.13. The predicted molar refractivity (Wildman–Crippen MR) is 84.0 cm³/mol. The molecule has 22 heavy (non-hydrogen) atoms. The molecule has 0 bridgehead atoms. The van der Waals surface area contributed by atoms with Crippen molar-refractivity contribution in [3.05, 3.63) is 39.8 Å². The fraction of sp³-hybridized carbons (Fsp3) is 0.267. The van der Waals surface area contributed by atoms with Crippen LogP contribution in [0.15, 0.2) is 29.2 Å².